The summed E-state index contributed by atoms with van der Waals surface area (Å²) in [6.45, 7) is 4.22. The molecule has 2 N–H and O–H groups in total. The number of rotatable bonds is 6. The Balaban J connectivity index is 2.08. The molecule has 0 spiro atoms. The summed E-state index contributed by atoms with van der Waals surface area (Å²) in [5.74, 6) is 0. The third kappa shape index (κ3) is 3.74. The fraction of sp³-hybridized carbons (Fsp3) is 0.286. The van der Waals surface area contributed by atoms with Crippen molar-refractivity contribution in [2.45, 2.75) is 30.5 Å². The molecule has 0 amide bonds. The van der Waals surface area contributed by atoms with Crippen LogP contribution in [0.5, 0.6) is 0 Å². The fourth-order valence-electron chi connectivity index (χ4n) is 1.64. The SMILES string of the molecule is CCC(C)Nc1ccc(NS(=O)(=O)c2cccs2)cc1. The normalized spacial score (nSPS) is 12.9. The van der Waals surface area contributed by atoms with E-state index < -0.39 is 10.0 Å². The first-order valence-corrected chi connectivity index (χ1v) is 8.80. The van der Waals surface area contributed by atoms with E-state index in [1.54, 1.807) is 29.6 Å². The molecule has 6 heteroatoms. The van der Waals surface area contributed by atoms with Gasteiger partial charge in [-0.15, -0.1) is 11.3 Å². The fourth-order valence-corrected chi connectivity index (χ4v) is 3.69. The predicted molar refractivity (Wildman–Crippen MR) is 84.9 cm³/mol. The summed E-state index contributed by atoms with van der Waals surface area (Å²) in [5, 5.41) is 5.08. The molecular weight excluding hydrogens is 292 g/mol. The molecule has 20 heavy (non-hydrogen) atoms. The second-order valence-corrected chi connectivity index (χ2v) is 7.43. The van der Waals surface area contributed by atoms with Gasteiger partial charge < -0.3 is 5.32 Å². The lowest BCUT2D eigenvalue weighted by atomic mass is 10.2. The van der Waals surface area contributed by atoms with Crippen molar-refractivity contribution in [3.05, 3.63) is 41.8 Å². The van der Waals surface area contributed by atoms with Crippen LogP contribution in [0.3, 0.4) is 0 Å². The lowest BCUT2D eigenvalue weighted by Crippen LogP contribution is -2.14. The van der Waals surface area contributed by atoms with Crippen LogP contribution in [0, 0.1) is 0 Å². The maximum Gasteiger partial charge on any atom is 0.271 e. The van der Waals surface area contributed by atoms with Gasteiger partial charge in [-0.3, -0.25) is 4.72 Å². The van der Waals surface area contributed by atoms with Gasteiger partial charge in [-0.1, -0.05) is 13.0 Å². The summed E-state index contributed by atoms with van der Waals surface area (Å²) in [7, 11) is -3.46. The number of sulfonamides is 1. The molecule has 2 rings (SSSR count). The molecule has 4 nitrogen and oxygen atoms in total. The molecule has 2 aromatic rings. The van der Waals surface area contributed by atoms with Crippen LogP contribution in [0.1, 0.15) is 20.3 Å². The number of thiophene rings is 1. The van der Waals surface area contributed by atoms with Gasteiger partial charge in [-0.2, -0.15) is 0 Å². The second-order valence-electron chi connectivity index (χ2n) is 4.57. The van der Waals surface area contributed by atoms with Crippen molar-refractivity contribution in [2.75, 3.05) is 10.0 Å². The average molecular weight is 310 g/mol. The van der Waals surface area contributed by atoms with E-state index in [2.05, 4.69) is 23.9 Å². The first-order chi connectivity index (χ1) is 9.51. The molecule has 0 aliphatic carbocycles. The quantitative estimate of drug-likeness (QED) is 0.854. The molecule has 1 aromatic carbocycles. The molecule has 0 fully saturated rings. The summed E-state index contributed by atoms with van der Waals surface area (Å²) in [6, 6.07) is 11.0. The van der Waals surface area contributed by atoms with E-state index >= 15 is 0 Å². The molecular formula is C14H18N2O2S2. The third-order valence-corrected chi connectivity index (χ3v) is 5.70. The lowest BCUT2D eigenvalue weighted by Gasteiger charge is -2.13. The zero-order valence-corrected chi connectivity index (χ0v) is 13.1. The van der Waals surface area contributed by atoms with Crippen molar-refractivity contribution in [3.8, 4) is 0 Å². The van der Waals surface area contributed by atoms with Gasteiger partial charge in [0.2, 0.25) is 0 Å². The maximum absolute atomic E-state index is 12.1. The number of nitrogens with one attached hydrogen (secondary N) is 2. The molecule has 0 aliphatic rings. The Morgan fingerprint density at radius 1 is 1.15 bits per heavy atom. The molecule has 1 aromatic heterocycles. The van der Waals surface area contributed by atoms with Crippen molar-refractivity contribution in [3.63, 3.8) is 0 Å². The van der Waals surface area contributed by atoms with Gasteiger partial charge in [0.15, 0.2) is 0 Å². The van der Waals surface area contributed by atoms with E-state index in [1.807, 2.05) is 12.1 Å². The minimum atomic E-state index is -3.46. The van der Waals surface area contributed by atoms with Crippen LogP contribution >= 0.6 is 11.3 Å². The zero-order valence-electron chi connectivity index (χ0n) is 11.5. The van der Waals surface area contributed by atoms with Crippen molar-refractivity contribution in [2.24, 2.45) is 0 Å². The van der Waals surface area contributed by atoms with Gasteiger partial charge in [0, 0.05) is 17.4 Å². The van der Waals surface area contributed by atoms with Gasteiger partial charge in [0.1, 0.15) is 4.21 Å². The first kappa shape index (κ1) is 14.9. The van der Waals surface area contributed by atoms with Crippen molar-refractivity contribution >= 4 is 32.7 Å². The summed E-state index contributed by atoms with van der Waals surface area (Å²) in [5.41, 5.74) is 1.55. The van der Waals surface area contributed by atoms with E-state index in [9.17, 15) is 8.42 Å². The summed E-state index contributed by atoms with van der Waals surface area (Å²) in [6.07, 6.45) is 1.03. The van der Waals surface area contributed by atoms with Crippen LogP contribution in [-0.4, -0.2) is 14.5 Å². The number of anilines is 2. The summed E-state index contributed by atoms with van der Waals surface area (Å²) < 4.78 is 27.0. The summed E-state index contributed by atoms with van der Waals surface area (Å²) >= 11 is 1.20. The van der Waals surface area contributed by atoms with E-state index in [1.165, 1.54) is 11.3 Å². The highest BCUT2D eigenvalue weighted by molar-refractivity contribution is 7.94. The standard InChI is InChI=1S/C14H18N2O2S2/c1-3-11(2)15-12-6-8-13(9-7-12)16-20(17,18)14-5-4-10-19-14/h4-11,15-16H,3H2,1-2H3. The molecule has 108 valence electrons. The Morgan fingerprint density at radius 3 is 2.35 bits per heavy atom. The molecule has 1 unspecified atom stereocenters. The van der Waals surface area contributed by atoms with Gasteiger partial charge in [-0.25, -0.2) is 8.42 Å². The highest BCUT2D eigenvalue weighted by atomic mass is 32.2. The van der Waals surface area contributed by atoms with Gasteiger partial charge in [-0.05, 0) is 49.1 Å². The monoisotopic (exact) mass is 310 g/mol. The molecule has 1 heterocycles. The highest BCUT2D eigenvalue weighted by Gasteiger charge is 2.14. The average Bonchev–Trinajstić information content (AvgIpc) is 2.95. The van der Waals surface area contributed by atoms with E-state index in [-0.39, 0.29) is 0 Å². The van der Waals surface area contributed by atoms with Crippen molar-refractivity contribution in [1.29, 1.82) is 0 Å². The Hall–Kier alpha value is -1.53. The van der Waals surface area contributed by atoms with Crippen LogP contribution in [-0.2, 0) is 10.0 Å². The number of benzene rings is 1. The van der Waals surface area contributed by atoms with Crippen LogP contribution in [0.4, 0.5) is 11.4 Å². The number of hydrogen-bond donors (Lipinski definition) is 2. The van der Waals surface area contributed by atoms with Gasteiger partial charge in [0.05, 0.1) is 0 Å². The Bertz CT molecular complexity index is 634. The van der Waals surface area contributed by atoms with Crippen molar-refractivity contribution in [1.82, 2.24) is 0 Å². The first-order valence-electron chi connectivity index (χ1n) is 6.44. The Labute approximate surface area is 123 Å². The minimum absolute atomic E-state index is 0.319. The van der Waals surface area contributed by atoms with Crippen molar-refractivity contribution < 1.29 is 8.42 Å². The Kier molecular flexibility index (Phi) is 4.67. The van der Waals surface area contributed by atoms with Crippen LogP contribution < -0.4 is 10.0 Å². The largest absolute Gasteiger partial charge is 0.383 e. The summed E-state index contributed by atoms with van der Waals surface area (Å²) in [4.78, 5) is 0. The Morgan fingerprint density at radius 2 is 1.80 bits per heavy atom. The smallest absolute Gasteiger partial charge is 0.271 e. The molecule has 0 saturated carbocycles. The topological polar surface area (TPSA) is 58.2 Å². The van der Waals surface area contributed by atoms with E-state index in [4.69, 9.17) is 0 Å². The molecule has 0 aliphatic heterocycles. The zero-order chi connectivity index (χ0) is 14.6. The molecule has 0 bridgehead atoms. The highest BCUT2D eigenvalue weighted by Crippen LogP contribution is 2.21. The third-order valence-electron chi connectivity index (χ3n) is 2.92. The number of hydrogen-bond acceptors (Lipinski definition) is 4. The van der Waals surface area contributed by atoms with Crippen LogP contribution in [0.25, 0.3) is 0 Å². The maximum atomic E-state index is 12.1. The van der Waals surface area contributed by atoms with Crippen LogP contribution in [0.2, 0.25) is 0 Å². The molecule has 1 atom stereocenters. The van der Waals surface area contributed by atoms with E-state index in [0.29, 0.717) is 15.9 Å². The van der Waals surface area contributed by atoms with Gasteiger partial charge >= 0.3 is 0 Å². The van der Waals surface area contributed by atoms with Crippen LogP contribution in [0.15, 0.2) is 46.0 Å². The minimum Gasteiger partial charge on any atom is -0.383 e. The second kappa shape index (κ2) is 6.28. The lowest BCUT2D eigenvalue weighted by molar-refractivity contribution is 0.603. The van der Waals surface area contributed by atoms with Gasteiger partial charge in [0.25, 0.3) is 10.0 Å². The molecule has 0 radical (unpaired) electrons. The predicted octanol–water partition coefficient (Wildman–Crippen LogP) is 3.76. The van der Waals surface area contributed by atoms with E-state index in [0.717, 1.165) is 12.1 Å². The molecule has 0 saturated heterocycles.